The molecule has 4 rings (SSSR count). The summed E-state index contributed by atoms with van der Waals surface area (Å²) in [6.45, 7) is 2.71. The number of nitrogens with one attached hydrogen (secondary N) is 3. The van der Waals surface area contributed by atoms with Crippen LogP contribution in [-0.2, 0) is 11.2 Å². The monoisotopic (exact) mass is 283 g/mol. The summed E-state index contributed by atoms with van der Waals surface area (Å²) in [7, 11) is 0. The fourth-order valence-corrected chi connectivity index (χ4v) is 3.76. The van der Waals surface area contributed by atoms with Crippen LogP contribution in [0.15, 0.2) is 30.5 Å². The summed E-state index contributed by atoms with van der Waals surface area (Å²) in [5.41, 5.74) is 2.41. The highest BCUT2D eigenvalue weighted by atomic mass is 16.2. The molecular weight excluding hydrogens is 262 g/mol. The minimum absolute atomic E-state index is 0.0362. The maximum Gasteiger partial charge on any atom is 0.226 e. The molecule has 0 bridgehead atoms. The Labute approximate surface area is 124 Å². The second kappa shape index (κ2) is 4.88. The van der Waals surface area contributed by atoms with E-state index in [-0.39, 0.29) is 11.3 Å². The van der Waals surface area contributed by atoms with Crippen LogP contribution in [0.4, 0.5) is 0 Å². The summed E-state index contributed by atoms with van der Waals surface area (Å²) in [4.78, 5) is 15.7. The van der Waals surface area contributed by atoms with Crippen molar-refractivity contribution in [1.29, 1.82) is 0 Å². The van der Waals surface area contributed by atoms with E-state index < -0.39 is 0 Å². The number of para-hydroxylation sites is 1. The summed E-state index contributed by atoms with van der Waals surface area (Å²) in [5.74, 6) is 0.841. The summed E-state index contributed by atoms with van der Waals surface area (Å²) in [6.07, 6.45) is 5.00. The smallest absolute Gasteiger partial charge is 0.226 e. The number of carbonyl (C=O) groups excluding carboxylic acids is 1. The highest BCUT2D eigenvalue weighted by molar-refractivity contribution is 5.86. The number of hydrogen-bond acceptors (Lipinski definition) is 2. The van der Waals surface area contributed by atoms with Crippen LogP contribution in [0.2, 0.25) is 0 Å². The van der Waals surface area contributed by atoms with Gasteiger partial charge in [-0.1, -0.05) is 18.2 Å². The standard InChI is InChI=1S/C17H21N3O/c21-16(17-6-8-18-11-13(17)9-17)19-7-5-12-10-20-15-4-2-1-3-14(12)15/h1-4,10,13,18,20H,5-9,11H2,(H,19,21). The highest BCUT2D eigenvalue weighted by Crippen LogP contribution is 2.56. The first-order chi connectivity index (χ1) is 10.3. The van der Waals surface area contributed by atoms with E-state index >= 15 is 0 Å². The minimum atomic E-state index is -0.0362. The molecule has 1 aliphatic heterocycles. The number of fused-ring (bicyclic) bond motifs is 2. The Kier molecular flexibility index (Phi) is 3.00. The Morgan fingerprint density at radius 1 is 1.38 bits per heavy atom. The molecular formula is C17H21N3O. The SMILES string of the molecule is O=C(NCCc1c[nH]c2ccccc12)C12CCNCC1C2. The van der Waals surface area contributed by atoms with E-state index in [0.717, 1.165) is 44.4 Å². The summed E-state index contributed by atoms with van der Waals surface area (Å²) < 4.78 is 0. The van der Waals surface area contributed by atoms with E-state index in [4.69, 9.17) is 0 Å². The minimum Gasteiger partial charge on any atom is -0.361 e. The van der Waals surface area contributed by atoms with Crippen molar-refractivity contribution in [2.45, 2.75) is 19.3 Å². The Balaban J connectivity index is 1.36. The Hall–Kier alpha value is -1.81. The zero-order valence-electron chi connectivity index (χ0n) is 12.1. The average Bonchev–Trinajstić information content (AvgIpc) is 3.15. The molecule has 1 amide bonds. The van der Waals surface area contributed by atoms with Crippen LogP contribution in [0, 0.1) is 11.3 Å². The first-order valence-electron chi connectivity index (χ1n) is 7.84. The molecule has 4 heteroatoms. The molecule has 2 unspecified atom stereocenters. The summed E-state index contributed by atoms with van der Waals surface area (Å²) in [5, 5.41) is 7.79. The van der Waals surface area contributed by atoms with E-state index in [1.54, 1.807) is 0 Å². The second-order valence-corrected chi connectivity index (χ2v) is 6.38. The summed E-state index contributed by atoms with van der Waals surface area (Å²) in [6, 6.07) is 8.31. The molecule has 2 aromatic rings. The number of hydrogen-bond donors (Lipinski definition) is 3. The number of aromatic nitrogens is 1. The molecule has 1 saturated heterocycles. The van der Waals surface area contributed by atoms with Gasteiger partial charge in [-0.15, -0.1) is 0 Å². The Morgan fingerprint density at radius 2 is 2.29 bits per heavy atom. The van der Waals surface area contributed by atoms with Gasteiger partial charge in [-0.3, -0.25) is 4.79 Å². The van der Waals surface area contributed by atoms with Crippen molar-refractivity contribution in [1.82, 2.24) is 15.6 Å². The lowest BCUT2D eigenvalue weighted by Gasteiger charge is -2.21. The Morgan fingerprint density at radius 3 is 3.19 bits per heavy atom. The predicted octanol–water partition coefficient (Wildman–Crippen LogP) is 1.83. The molecule has 21 heavy (non-hydrogen) atoms. The van der Waals surface area contributed by atoms with Crippen molar-refractivity contribution < 1.29 is 4.79 Å². The van der Waals surface area contributed by atoms with E-state index in [2.05, 4.69) is 40.0 Å². The van der Waals surface area contributed by atoms with Gasteiger partial charge in [0.15, 0.2) is 0 Å². The number of amides is 1. The van der Waals surface area contributed by atoms with E-state index in [1.165, 1.54) is 10.9 Å². The molecule has 1 aromatic heterocycles. The van der Waals surface area contributed by atoms with E-state index in [9.17, 15) is 4.79 Å². The average molecular weight is 283 g/mol. The van der Waals surface area contributed by atoms with Crippen LogP contribution in [-0.4, -0.2) is 30.5 Å². The predicted molar refractivity (Wildman–Crippen MR) is 83.0 cm³/mol. The fourth-order valence-electron chi connectivity index (χ4n) is 3.76. The van der Waals surface area contributed by atoms with Crippen molar-refractivity contribution in [2.75, 3.05) is 19.6 Å². The number of piperidine rings is 1. The van der Waals surface area contributed by atoms with Gasteiger partial charge in [-0.2, -0.15) is 0 Å². The van der Waals surface area contributed by atoms with Crippen molar-refractivity contribution in [3.63, 3.8) is 0 Å². The molecule has 1 aromatic carbocycles. The van der Waals surface area contributed by atoms with Crippen LogP contribution < -0.4 is 10.6 Å². The Bertz CT molecular complexity index is 677. The normalized spacial score (nSPS) is 27.3. The number of benzene rings is 1. The summed E-state index contributed by atoms with van der Waals surface area (Å²) >= 11 is 0. The van der Waals surface area contributed by atoms with Crippen molar-refractivity contribution in [2.24, 2.45) is 11.3 Å². The van der Waals surface area contributed by atoms with Gasteiger partial charge in [-0.05, 0) is 49.9 Å². The van der Waals surface area contributed by atoms with Crippen molar-refractivity contribution in [3.05, 3.63) is 36.0 Å². The molecule has 2 heterocycles. The van der Waals surface area contributed by atoms with Gasteiger partial charge in [-0.25, -0.2) is 0 Å². The molecule has 3 N–H and O–H groups in total. The number of H-pyrrole nitrogens is 1. The lowest BCUT2D eigenvalue weighted by Crippen LogP contribution is -2.40. The second-order valence-electron chi connectivity index (χ2n) is 6.38. The van der Waals surface area contributed by atoms with Gasteiger partial charge in [0, 0.05) is 23.6 Å². The van der Waals surface area contributed by atoms with Gasteiger partial charge in [0.05, 0.1) is 5.41 Å². The van der Waals surface area contributed by atoms with Crippen LogP contribution in [0.1, 0.15) is 18.4 Å². The van der Waals surface area contributed by atoms with Crippen LogP contribution in [0.5, 0.6) is 0 Å². The van der Waals surface area contributed by atoms with E-state index in [0.29, 0.717) is 5.92 Å². The zero-order chi connectivity index (χ0) is 14.3. The van der Waals surface area contributed by atoms with Gasteiger partial charge in [0.25, 0.3) is 0 Å². The molecule has 0 radical (unpaired) electrons. The molecule has 2 atom stereocenters. The van der Waals surface area contributed by atoms with Crippen molar-refractivity contribution in [3.8, 4) is 0 Å². The number of rotatable bonds is 4. The lowest BCUT2D eigenvalue weighted by atomic mass is 9.95. The first-order valence-corrected chi connectivity index (χ1v) is 7.84. The molecule has 1 aliphatic carbocycles. The quantitative estimate of drug-likeness (QED) is 0.802. The highest BCUT2D eigenvalue weighted by Gasteiger charge is 2.60. The van der Waals surface area contributed by atoms with E-state index in [1.807, 2.05) is 6.07 Å². The maximum absolute atomic E-state index is 12.4. The first kappa shape index (κ1) is 12.9. The molecule has 110 valence electrons. The van der Waals surface area contributed by atoms with Gasteiger partial charge >= 0.3 is 0 Å². The molecule has 0 spiro atoms. The van der Waals surface area contributed by atoms with Gasteiger partial charge in [0.1, 0.15) is 0 Å². The van der Waals surface area contributed by atoms with Gasteiger partial charge in [0.2, 0.25) is 5.91 Å². The fraction of sp³-hybridized carbons (Fsp3) is 0.471. The molecule has 4 nitrogen and oxygen atoms in total. The number of aromatic amines is 1. The third kappa shape index (κ3) is 2.14. The zero-order valence-corrected chi connectivity index (χ0v) is 12.1. The third-order valence-corrected chi connectivity index (χ3v) is 5.18. The largest absolute Gasteiger partial charge is 0.361 e. The topological polar surface area (TPSA) is 56.9 Å². The lowest BCUT2D eigenvalue weighted by molar-refractivity contribution is -0.127. The molecule has 1 saturated carbocycles. The van der Waals surface area contributed by atoms with Crippen LogP contribution >= 0.6 is 0 Å². The third-order valence-electron chi connectivity index (χ3n) is 5.18. The molecule has 2 aliphatic rings. The van der Waals surface area contributed by atoms with Crippen LogP contribution in [0.25, 0.3) is 10.9 Å². The molecule has 2 fully saturated rings. The van der Waals surface area contributed by atoms with Gasteiger partial charge < -0.3 is 15.6 Å². The number of carbonyl (C=O) groups is 1. The maximum atomic E-state index is 12.4. The van der Waals surface area contributed by atoms with Crippen LogP contribution in [0.3, 0.4) is 0 Å². The van der Waals surface area contributed by atoms with Crippen molar-refractivity contribution >= 4 is 16.8 Å².